The molecule has 0 atom stereocenters. The van der Waals surface area contributed by atoms with Crippen LogP contribution in [0.3, 0.4) is 0 Å². The molecule has 1 aliphatic heterocycles. The van der Waals surface area contributed by atoms with Crippen LogP contribution < -0.4 is 5.32 Å². The fourth-order valence-corrected chi connectivity index (χ4v) is 4.03. The van der Waals surface area contributed by atoms with Gasteiger partial charge in [-0.15, -0.1) is 11.8 Å². The van der Waals surface area contributed by atoms with Gasteiger partial charge in [-0.1, -0.05) is 24.3 Å². The van der Waals surface area contributed by atoms with Crippen molar-refractivity contribution in [1.82, 2.24) is 0 Å². The first-order valence-electron chi connectivity index (χ1n) is 10.1. The molecule has 0 saturated heterocycles. The molecular formula is C25H21F2N3OS. The minimum atomic E-state index is -0.483. The third kappa shape index (κ3) is 5.11. The lowest BCUT2D eigenvalue weighted by atomic mass is 10.1. The van der Waals surface area contributed by atoms with E-state index in [0.717, 1.165) is 33.8 Å². The molecule has 0 spiro atoms. The second-order valence-corrected chi connectivity index (χ2v) is 8.54. The second kappa shape index (κ2) is 9.44. The highest BCUT2D eigenvalue weighted by Crippen LogP contribution is 2.36. The third-order valence-corrected chi connectivity index (χ3v) is 6.08. The Morgan fingerprint density at radius 1 is 0.969 bits per heavy atom. The summed E-state index contributed by atoms with van der Waals surface area (Å²) in [5.74, 6) is -1.05. The number of carbonyl (C=O) groups is 1. The molecule has 0 aliphatic carbocycles. The van der Waals surface area contributed by atoms with Crippen molar-refractivity contribution in [3.05, 3.63) is 89.0 Å². The summed E-state index contributed by atoms with van der Waals surface area (Å²) in [7, 11) is 0. The molecule has 0 fully saturated rings. The first-order valence-corrected chi connectivity index (χ1v) is 11.1. The summed E-state index contributed by atoms with van der Waals surface area (Å²) >= 11 is 1.28. The van der Waals surface area contributed by atoms with Crippen LogP contribution in [0, 0.1) is 25.5 Å². The molecule has 3 aromatic rings. The van der Waals surface area contributed by atoms with Gasteiger partial charge < -0.3 is 5.32 Å². The molecule has 0 saturated carbocycles. The maximum Gasteiger partial charge on any atom is 0.234 e. The average molecular weight is 450 g/mol. The van der Waals surface area contributed by atoms with E-state index in [1.165, 1.54) is 36.0 Å². The third-order valence-electron chi connectivity index (χ3n) is 5.11. The SMILES string of the molecule is Cc1cc2c(cc1C)N=C(c1ccc(F)cc1)CC(SCC(=O)Nc1ccccc1F)=N2. The van der Waals surface area contributed by atoms with Crippen molar-refractivity contribution in [1.29, 1.82) is 0 Å². The van der Waals surface area contributed by atoms with Gasteiger partial charge in [-0.25, -0.2) is 13.8 Å². The van der Waals surface area contributed by atoms with Gasteiger partial charge >= 0.3 is 0 Å². The smallest absolute Gasteiger partial charge is 0.234 e. The van der Waals surface area contributed by atoms with Crippen molar-refractivity contribution in [2.24, 2.45) is 9.98 Å². The van der Waals surface area contributed by atoms with E-state index in [2.05, 4.69) is 5.32 Å². The van der Waals surface area contributed by atoms with Gasteiger partial charge in [-0.3, -0.25) is 9.79 Å². The Morgan fingerprint density at radius 3 is 2.31 bits per heavy atom. The van der Waals surface area contributed by atoms with Crippen molar-refractivity contribution in [3.63, 3.8) is 0 Å². The molecule has 1 aliphatic rings. The van der Waals surface area contributed by atoms with Gasteiger partial charge in [0.05, 0.1) is 33.6 Å². The zero-order valence-electron chi connectivity index (χ0n) is 17.7. The molecule has 162 valence electrons. The van der Waals surface area contributed by atoms with Crippen LogP contribution in [-0.4, -0.2) is 22.4 Å². The van der Waals surface area contributed by atoms with Gasteiger partial charge in [0.2, 0.25) is 5.91 Å². The Bertz CT molecular complexity index is 1240. The molecule has 1 amide bonds. The zero-order chi connectivity index (χ0) is 22.7. The number of para-hydroxylation sites is 1. The number of rotatable bonds is 4. The van der Waals surface area contributed by atoms with Crippen molar-refractivity contribution >= 4 is 45.5 Å². The Morgan fingerprint density at radius 2 is 1.62 bits per heavy atom. The molecule has 4 rings (SSSR count). The summed E-state index contributed by atoms with van der Waals surface area (Å²) in [4.78, 5) is 22.0. The number of thioether (sulfide) groups is 1. The fraction of sp³-hybridized carbons (Fsp3) is 0.160. The van der Waals surface area contributed by atoms with Crippen LogP contribution in [0.2, 0.25) is 0 Å². The minimum Gasteiger partial charge on any atom is -0.323 e. The Kier molecular flexibility index (Phi) is 6.46. The summed E-state index contributed by atoms with van der Waals surface area (Å²) in [6.07, 6.45) is 0.399. The lowest BCUT2D eigenvalue weighted by Gasteiger charge is -2.09. The predicted molar refractivity (Wildman–Crippen MR) is 128 cm³/mol. The Hall–Kier alpha value is -3.32. The second-order valence-electron chi connectivity index (χ2n) is 7.49. The van der Waals surface area contributed by atoms with E-state index in [0.29, 0.717) is 11.5 Å². The highest BCUT2D eigenvalue weighted by molar-refractivity contribution is 8.14. The van der Waals surface area contributed by atoms with E-state index in [9.17, 15) is 13.6 Å². The van der Waals surface area contributed by atoms with Gasteiger partial charge in [-0.2, -0.15) is 0 Å². The molecule has 3 aromatic carbocycles. The molecule has 0 radical (unpaired) electrons. The molecule has 0 bridgehead atoms. The van der Waals surface area contributed by atoms with E-state index in [4.69, 9.17) is 9.98 Å². The number of benzene rings is 3. The van der Waals surface area contributed by atoms with Crippen LogP contribution in [0.15, 0.2) is 70.6 Å². The van der Waals surface area contributed by atoms with Gasteiger partial charge in [0.15, 0.2) is 0 Å². The topological polar surface area (TPSA) is 53.8 Å². The Labute approximate surface area is 189 Å². The highest BCUT2D eigenvalue weighted by Gasteiger charge is 2.18. The van der Waals surface area contributed by atoms with E-state index in [1.54, 1.807) is 24.3 Å². The first-order chi connectivity index (χ1) is 15.4. The van der Waals surface area contributed by atoms with Crippen LogP contribution in [-0.2, 0) is 4.79 Å². The lowest BCUT2D eigenvalue weighted by Crippen LogP contribution is -2.17. The van der Waals surface area contributed by atoms with E-state index >= 15 is 0 Å². The van der Waals surface area contributed by atoms with E-state index < -0.39 is 5.82 Å². The quantitative estimate of drug-likeness (QED) is 0.494. The number of anilines is 1. The number of fused-ring (bicyclic) bond motifs is 1. The monoisotopic (exact) mass is 449 g/mol. The number of halogens is 2. The van der Waals surface area contributed by atoms with Crippen LogP contribution in [0.4, 0.5) is 25.8 Å². The highest BCUT2D eigenvalue weighted by atomic mass is 32.2. The summed E-state index contributed by atoms with van der Waals surface area (Å²) in [6, 6.07) is 16.2. The van der Waals surface area contributed by atoms with Crippen molar-refractivity contribution in [2.75, 3.05) is 11.1 Å². The number of carbonyl (C=O) groups excluding carboxylic acids is 1. The molecule has 7 heteroatoms. The lowest BCUT2D eigenvalue weighted by molar-refractivity contribution is -0.113. The summed E-state index contributed by atoms with van der Waals surface area (Å²) < 4.78 is 27.2. The number of nitrogens with zero attached hydrogens (tertiary/aromatic N) is 2. The molecule has 1 N–H and O–H groups in total. The standard InChI is InChI=1S/C25H21F2N3OS/c1-15-11-22-23(12-16(15)2)30-25(13-21(28-22)17-7-9-18(26)10-8-17)32-14-24(31)29-20-6-4-3-5-19(20)27/h3-12H,13-14H2,1-2H3,(H,29,31). The largest absolute Gasteiger partial charge is 0.323 e. The number of aliphatic imine (C=N–C) groups is 2. The van der Waals surface area contributed by atoms with Crippen molar-refractivity contribution in [2.45, 2.75) is 20.3 Å². The average Bonchev–Trinajstić information content (AvgIpc) is 2.94. The van der Waals surface area contributed by atoms with Crippen LogP contribution in [0.25, 0.3) is 0 Å². The molecule has 4 nitrogen and oxygen atoms in total. The van der Waals surface area contributed by atoms with Gasteiger partial charge in [0.1, 0.15) is 11.6 Å². The maximum absolute atomic E-state index is 13.8. The van der Waals surface area contributed by atoms with Crippen LogP contribution in [0.1, 0.15) is 23.1 Å². The van der Waals surface area contributed by atoms with E-state index in [1.807, 2.05) is 26.0 Å². The van der Waals surface area contributed by atoms with Crippen LogP contribution in [0.5, 0.6) is 0 Å². The molecule has 1 heterocycles. The zero-order valence-corrected chi connectivity index (χ0v) is 18.5. The minimum absolute atomic E-state index is 0.0735. The molecule has 32 heavy (non-hydrogen) atoms. The maximum atomic E-state index is 13.8. The van der Waals surface area contributed by atoms with Gasteiger partial charge in [-0.05, 0) is 66.9 Å². The number of aryl methyl sites for hydroxylation is 2. The van der Waals surface area contributed by atoms with E-state index in [-0.39, 0.29) is 23.2 Å². The van der Waals surface area contributed by atoms with Gasteiger partial charge in [0.25, 0.3) is 0 Å². The number of nitrogens with one attached hydrogen (secondary N) is 1. The summed E-state index contributed by atoms with van der Waals surface area (Å²) in [5, 5.41) is 3.30. The molecule has 0 unspecified atom stereocenters. The van der Waals surface area contributed by atoms with Crippen LogP contribution >= 0.6 is 11.8 Å². The number of hydrogen-bond donors (Lipinski definition) is 1. The molecule has 0 aromatic heterocycles. The van der Waals surface area contributed by atoms with Crippen molar-refractivity contribution in [3.8, 4) is 0 Å². The summed E-state index contributed by atoms with van der Waals surface area (Å²) in [6.45, 7) is 4.02. The predicted octanol–water partition coefficient (Wildman–Crippen LogP) is 6.51. The molecular weight excluding hydrogens is 428 g/mol. The Balaban J connectivity index is 1.59. The normalized spacial score (nSPS) is 13.0. The van der Waals surface area contributed by atoms with Gasteiger partial charge in [0, 0.05) is 6.42 Å². The fourth-order valence-electron chi connectivity index (χ4n) is 3.26. The number of amides is 1. The van der Waals surface area contributed by atoms with Crippen molar-refractivity contribution < 1.29 is 13.6 Å². The number of hydrogen-bond acceptors (Lipinski definition) is 4. The summed E-state index contributed by atoms with van der Waals surface area (Å²) in [5.41, 5.74) is 5.33. The first kappa shape index (κ1) is 21.9.